The lowest BCUT2D eigenvalue weighted by molar-refractivity contribution is 0.0573. The third kappa shape index (κ3) is 4.67. The minimum Gasteiger partial charge on any atom is -0.497 e. The van der Waals surface area contributed by atoms with Gasteiger partial charge in [0.1, 0.15) is 5.75 Å². The number of hydrogen-bond donors (Lipinski definition) is 0. The first-order valence-electron chi connectivity index (χ1n) is 7.83. The second-order valence-corrected chi connectivity index (χ2v) is 7.83. The van der Waals surface area contributed by atoms with Crippen molar-refractivity contribution in [2.24, 2.45) is 0 Å². The number of nitrogens with zero attached hydrogens (tertiary/aromatic N) is 2. The van der Waals surface area contributed by atoms with E-state index in [1.54, 1.807) is 35.7 Å². The molecule has 1 heterocycles. The number of methoxy groups -OCH3 is 1. The molecule has 2 rings (SSSR count). The molecule has 1 aromatic carbocycles. The first-order valence-corrected chi connectivity index (χ1v) is 9.27. The van der Waals surface area contributed by atoms with Crippen LogP contribution in [0.25, 0.3) is 0 Å². The van der Waals surface area contributed by atoms with Crippen LogP contribution in [0.1, 0.15) is 12.8 Å². The summed E-state index contributed by atoms with van der Waals surface area (Å²) < 4.78 is 38.3. The highest BCUT2D eigenvalue weighted by molar-refractivity contribution is 7.89. The Morgan fingerprint density at radius 2 is 1.74 bits per heavy atom. The summed E-state index contributed by atoms with van der Waals surface area (Å²) in [6.45, 7) is 2.39. The van der Waals surface area contributed by atoms with Gasteiger partial charge in [0.2, 0.25) is 10.0 Å². The van der Waals surface area contributed by atoms with Crippen molar-refractivity contribution < 1.29 is 17.9 Å². The minimum atomic E-state index is -3.53. The molecular formula is C16H26N2O4S. The zero-order valence-electron chi connectivity index (χ0n) is 14.1. The molecule has 0 aliphatic carbocycles. The van der Waals surface area contributed by atoms with Crippen molar-refractivity contribution in [3.8, 4) is 5.75 Å². The van der Waals surface area contributed by atoms with Crippen molar-refractivity contribution in [1.29, 1.82) is 0 Å². The summed E-state index contributed by atoms with van der Waals surface area (Å²) in [6.07, 6.45) is 1.48. The molecule has 1 aromatic rings. The van der Waals surface area contributed by atoms with Crippen LogP contribution in [0.4, 0.5) is 0 Å². The maximum absolute atomic E-state index is 13.1. The van der Waals surface area contributed by atoms with E-state index in [1.807, 2.05) is 19.0 Å². The number of benzene rings is 1. The van der Waals surface area contributed by atoms with E-state index in [0.29, 0.717) is 36.9 Å². The molecule has 1 aliphatic rings. The van der Waals surface area contributed by atoms with Gasteiger partial charge in [0.15, 0.2) is 0 Å². The van der Waals surface area contributed by atoms with Gasteiger partial charge in [0, 0.05) is 32.3 Å². The fraction of sp³-hybridized carbons (Fsp3) is 0.625. The van der Waals surface area contributed by atoms with Gasteiger partial charge >= 0.3 is 0 Å². The molecule has 0 N–H and O–H groups in total. The molecule has 6 nitrogen and oxygen atoms in total. The maximum atomic E-state index is 13.1. The molecule has 1 aliphatic heterocycles. The molecule has 0 aromatic heterocycles. The molecule has 0 amide bonds. The summed E-state index contributed by atoms with van der Waals surface area (Å²) in [6, 6.07) is 6.57. The SMILES string of the molecule is COc1ccc(S(=O)(=O)N(CCN(C)C)C2CCOCC2)cc1. The van der Waals surface area contributed by atoms with E-state index in [4.69, 9.17) is 9.47 Å². The van der Waals surface area contributed by atoms with Crippen molar-refractivity contribution in [3.63, 3.8) is 0 Å². The van der Waals surface area contributed by atoms with Crippen LogP contribution in [0.5, 0.6) is 5.75 Å². The van der Waals surface area contributed by atoms with Crippen LogP contribution in [-0.4, -0.2) is 71.2 Å². The fourth-order valence-corrected chi connectivity index (χ4v) is 4.33. The molecule has 1 fully saturated rings. The Morgan fingerprint density at radius 1 is 1.13 bits per heavy atom. The van der Waals surface area contributed by atoms with E-state index < -0.39 is 10.0 Å². The molecule has 0 spiro atoms. The van der Waals surface area contributed by atoms with Crippen molar-refractivity contribution in [1.82, 2.24) is 9.21 Å². The van der Waals surface area contributed by atoms with Crippen molar-refractivity contribution in [2.45, 2.75) is 23.8 Å². The molecule has 130 valence electrons. The Hall–Kier alpha value is -1.15. The minimum absolute atomic E-state index is 0.00389. The van der Waals surface area contributed by atoms with Crippen LogP contribution in [-0.2, 0) is 14.8 Å². The average Bonchev–Trinajstić information content (AvgIpc) is 2.55. The highest BCUT2D eigenvalue weighted by Crippen LogP contribution is 2.25. The standard InChI is InChI=1S/C16H26N2O4S/c1-17(2)10-11-18(14-8-12-22-13-9-14)23(19,20)16-6-4-15(21-3)5-7-16/h4-7,14H,8-13H2,1-3H3. The summed E-state index contributed by atoms with van der Waals surface area (Å²) in [4.78, 5) is 2.30. The number of likely N-dealkylation sites (N-methyl/N-ethyl adjacent to an activating group) is 1. The zero-order valence-corrected chi connectivity index (χ0v) is 14.9. The van der Waals surface area contributed by atoms with E-state index in [2.05, 4.69) is 0 Å². The van der Waals surface area contributed by atoms with E-state index in [0.717, 1.165) is 12.8 Å². The zero-order chi connectivity index (χ0) is 16.9. The van der Waals surface area contributed by atoms with Gasteiger partial charge in [0.25, 0.3) is 0 Å². The number of hydrogen-bond acceptors (Lipinski definition) is 5. The Labute approximate surface area is 139 Å². The monoisotopic (exact) mass is 342 g/mol. The molecule has 7 heteroatoms. The van der Waals surface area contributed by atoms with Gasteiger partial charge in [-0.1, -0.05) is 0 Å². The topological polar surface area (TPSA) is 59.1 Å². The molecule has 0 unspecified atom stereocenters. The molecule has 0 bridgehead atoms. The molecule has 1 saturated heterocycles. The van der Waals surface area contributed by atoms with Crippen molar-refractivity contribution in [3.05, 3.63) is 24.3 Å². The summed E-state index contributed by atoms with van der Waals surface area (Å²) in [5, 5.41) is 0. The molecular weight excluding hydrogens is 316 g/mol. The van der Waals surface area contributed by atoms with Crippen LogP contribution in [0.3, 0.4) is 0 Å². The summed E-state index contributed by atoms with van der Waals surface area (Å²) in [5.74, 6) is 0.648. The maximum Gasteiger partial charge on any atom is 0.243 e. The largest absolute Gasteiger partial charge is 0.497 e. The fourth-order valence-electron chi connectivity index (χ4n) is 2.65. The Kier molecular flexibility index (Phi) is 6.41. The van der Waals surface area contributed by atoms with Crippen LogP contribution >= 0.6 is 0 Å². The number of sulfonamides is 1. The third-order valence-electron chi connectivity index (χ3n) is 4.03. The normalized spacial score (nSPS) is 16.9. The van der Waals surface area contributed by atoms with E-state index >= 15 is 0 Å². The van der Waals surface area contributed by atoms with E-state index in [1.165, 1.54) is 0 Å². The second kappa shape index (κ2) is 8.10. The Morgan fingerprint density at radius 3 is 2.26 bits per heavy atom. The lowest BCUT2D eigenvalue weighted by Gasteiger charge is -2.34. The average molecular weight is 342 g/mol. The second-order valence-electron chi connectivity index (χ2n) is 5.94. The van der Waals surface area contributed by atoms with Gasteiger partial charge < -0.3 is 14.4 Å². The quantitative estimate of drug-likeness (QED) is 0.750. The number of rotatable bonds is 7. The van der Waals surface area contributed by atoms with Gasteiger partial charge in [-0.05, 0) is 51.2 Å². The van der Waals surface area contributed by atoms with Gasteiger partial charge in [-0.3, -0.25) is 0 Å². The van der Waals surface area contributed by atoms with Crippen LogP contribution in [0, 0.1) is 0 Å². The number of ether oxygens (including phenoxy) is 2. The predicted molar refractivity (Wildman–Crippen MR) is 89.3 cm³/mol. The molecule has 23 heavy (non-hydrogen) atoms. The summed E-state index contributed by atoms with van der Waals surface area (Å²) >= 11 is 0. The lowest BCUT2D eigenvalue weighted by atomic mass is 10.1. The van der Waals surface area contributed by atoms with Gasteiger partial charge in [-0.25, -0.2) is 8.42 Å². The molecule has 0 atom stereocenters. The molecule has 0 saturated carbocycles. The van der Waals surface area contributed by atoms with Crippen LogP contribution < -0.4 is 4.74 Å². The Bertz CT molecular complexity index is 581. The van der Waals surface area contributed by atoms with Crippen molar-refractivity contribution >= 4 is 10.0 Å². The van der Waals surface area contributed by atoms with E-state index in [9.17, 15) is 8.42 Å². The first kappa shape index (κ1) is 18.2. The van der Waals surface area contributed by atoms with Gasteiger partial charge in [0.05, 0.1) is 12.0 Å². The predicted octanol–water partition coefficient (Wildman–Crippen LogP) is 1.43. The first-order chi connectivity index (χ1) is 10.9. The van der Waals surface area contributed by atoms with Gasteiger partial charge in [-0.2, -0.15) is 4.31 Å². The lowest BCUT2D eigenvalue weighted by Crippen LogP contribution is -2.46. The highest BCUT2D eigenvalue weighted by atomic mass is 32.2. The van der Waals surface area contributed by atoms with E-state index in [-0.39, 0.29) is 6.04 Å². The van der Waals surface area contributed by atoms with Gasteiger partial charge in [-0.15, -0.1) is 0 Å². The highest BCUT2D eigenvalue weighted by Gasteiger charge is 2.32. The van der Waals surface area contributed by atoms with Crippen molar-refractivity contribution in [2.75, 3.05) is 47.5 Å². The summed E-state index contributed by atoms with van der Waals surface area (Å²) in [5.41, 5.74) is 0. The summed E-state index contributed by atoms with van der Waals surface area (Å²) in [7, 11) is 1.93. The third-order valence-corrected chi connectivity index (χ3v) is 6.00. The smallest absolute Gasteiger partial charge is 0.243 e. The van der Waals surface area contributed by atoms with Crippen LogP contribution in [0.15, 0.2) is 29.2 Å². The molecule has 0 radical (unpaired) electrons. The van der Waals surface area contributed by atoms with Crippen LogP contribution in [0.2, 0.25) is 0 Å². The Balaban J connectivity index is 2.26.